The van der Waals surface area contributed by atoms with Gasteiger partial charge in [-0.05, 0) is 18.1 Å². The van der Waals surface area contributed by atoms with Crippen molar-refractivity contribution in [1.29, 1.82) is 0 Å². The van der Waals surface area contributed by atoms with Crippen LogP contribution in [-0.2, 0) is 6.54 Å². The number of hydrogen-bond acceptors (Lipinski definition) is 4. The molecule has 1 aliphatic heterocycles. The van der Waals surface area contributed by atoms with Crippen LogP contribution in [0.1, 0.15) is 12.6 Å². The monoisotopic (exact) mass is 292 g/mol. The van der Waals surface area contributed by atoms with Gasteiger partial charge in [0.1, 0.15) is 5.65 Å². The summed E-state index contributed by atoms with van der Waals surface area (Å²) in [6.07, 6.45) is 1.59. The van der Waals surface area contributed by atoms with Crippen molar-refractivity contribution in [3.8, 4) is 0 Å². The van der Waals surface area contributed by atoms with Crippen LogP contribution in [0.4, 0.5) is 0 Å². The molecule has 1 saturated heterocycles. The number of nitrogens with two attached hydrogens (primary N) is 1. The molecule has 0 radical (unpaired) electrons. The van der Waals surface area contributed by atoms with Crippen molar-refractivity contribution in [3.63, 3.8) is 0 Å². The predicted molar refractivity (Wildman–Crippen MR) is 78.9 cm³/mol. The second kappa shape index (κ2) is 5.16. The van der Waals surface area contributed by atoms with Crippen LogP contribution in [0, 0.1) is 5.92 Å². The summed E-state index contributed by atoms with van der Waals surface area (Å²) < 4.78 is 1.46. The summed E-state index contributed by atoms with van der Waals surface area (Å²) in [5.74, 6) is 0.482. The molecule has 2 atom stereocenters. The molecule has 0 bridgehead atoms. The summed E-state index contributed by atoms with van der Waals surface area (Å²) >= 11 is 5.89. The van der Waals surface area contributed by atoms with Crippen LogP contribution >= 0.6 is 11.6 Å². The van der Waals surface area contributed by atoms with Gasteiger partial charge in [0, 0.05) is 37.9 Å². The highest BCUT2D eigenvalue weighted by molar-refractivity contribution is 6.30. The lowest BCUT2D eigenvalue weighted by Crippen LogP contribution is -2.29. The van der Waals surface area contributed by atoms with Crippen molar-refractivity contribution in [2.75, 3.05) is 13.1 Å². The first-order chi connectivity index (χ1) is 9.52. The fraction of sp³-hybridized carbons (Fsp3) is 0.429. The van der Waals surface area contributed by atoms with Crippen LogP contribution < -0.4 is 11.3 Å². The van der Waals surface area contributed by atoms with Crippen LogP contribution in [-0.4, -0.2) is 33.4 Å². The van der Waals surface area contributed by atoms with Crippen molar-refractivity contribution in [2.45, 2.75) is 19.5 Å². The maximum Gasteiger partial charge on any atom is 0.258 e. The molecule has 2 aromatic heterocycles. The molecule has 106 valence electrons. The maximum atomic E-state index is 12.1. The van der Waals surface area contributed by atoms with Crippen molar-refractivity contribution < 1.29 is 0 Å². The SMILES string of the molecule is CC1CN(Cc2cc(=O)n3cc(Cl)ccc3n2)CC1N. The number of aromatic nitrogens is 2. The lowest BCUT2D eigenvalue weighted by atomic mass is 10.1. The standard InChI is InChI=1S/C14H17ClN4O/c1-9-5-18(8-12(9)16)7-11-4-14(20)19-6-10(15)2-3-13(19)17-11/h2-4,6,9,12H,5,7-8,16H2,1H3. The van der Waals surface area contributed by atoms with E-state index in [-0.39, 0.29) is 11.6 Å². The van der Waals surface area contributed by atoms with Gasteiger partial charge in [0.25, 0.3) is 5.56 Å². The number of pyridine rings is 1. The van der Waals surface area contributed by atoms with E-state index < -0.39 is 0 Å². The zero-order chi connectivity index (χ0) is 14.3. The molecule has 5 nitrogen and oxygen atoms in total. The van der Waals surface area contributed by atoms with Crippen LogP contribution in [0.2, 0.25) is 5.02 Å². The first-order valence-corrected chi connectivity index (χ1v) is 7.06. The minimum atomic E-state index is -0.107. The van der Waals surface area contributed by atoms with E-state index in [1.807, 2.05) is 0 Å². The van der Waals surface area contributed by atoms with E-state index in [4.69, 9.17) is 17.3 Å². The van der Waals surface area contributed by atoms with Crippen molar-refractivity contribution in [1.82, 2.24) is 14.3 Å². The zero-order valence-corrected chi connectivity index (χ0v) is 12.0. The van der Waals surface area contributed by atoms with Crippen molar-refractivity contribution in [2.24, 2.45) is 11.7 Å². The largest absolute Gasteiger partial charge is 0.326 e. The summed E-state index contributed by atoms with van der Waals surface area (Å²) in [5.41, 5.74) is 7.30. The lowest BCUT2D eigenvalue weighted by Gasteiger charge is -2.14. The molecule has 20 heavy (non-hydrogen) atoms. The Labute approximate surface area is 122 Å². The molecule has 3 rings (SSSR count). The van der Waals surface area contributed by atoms with Crippen molar-refractivity contribution >= 4 is 17.2 Å². The number of nitrogens with zero attached hydrogens (tertiary/aromatic N) is 3. The first kappa shape index (κ1) is 13.5. The van der Waals surface area contributed by atoms with E-state index in [1.165, 1.54) is 4.40 Å². The van der Waals surface area contributed by atoms with E-state index in [0.717, 1.165) is 18.8 Å². The maximum absolute atomic E-state index is 12.1. The van der Waals surface area contributed by atoms with Crippen LogP contribution in [0.5, 0.6) is 0 Å². The molecule has 2 unspecified atom stereocenters. The van der Waals surface area contributed by atoms with Crippen LogP contribution in [0.25, 0.3) is 5.65 Å². The van der Waals surface area contributed by atoms with E-state index in [2.05, 4.69) is 16.8 Å². The van der Waals surface area contributed by atoms with Gasteiger partial charge in [0.2, 0.25) is 0 Å². The Hall–Kier alpha value is -1.43. The third-order valence-corrected chi connectivity index (χ3v) is 4.03. The Morgan fingerprint density at radius 3 is 2.95 bits per heavy atom. The molecule has 0 aromatic carbocycles. The molecule has 3 heterocycles. The Kier molecular flexibility index (Phi) is 3.50. The summed E-state index contributed by atoms with van der Waals surface area (Å²) in [4.78, 5) is 18.8. The number of halogens is 1. The normalized spacial score (nSPS) is 23.6. The minimum absolute atomic E-state index is 0.107. The summed E-state index contributed by atoms with van der Waals surface area (Å²) in [5, 5.41) is 0.522. The fourth-order valence-electron chi connectivity index (χ4n) is 2.66. The molecule has 1 fully saturated rings. The van der Waals surface area contributed by atoms with Gasteiger partial charge in [0.15, 0.2) is 0 Å². The Morgan fingerprint density at radius 1 is 1.45 bits per heavy atom. The van der Waals surface area contributed by atoms with E-state index in [1.54, 1.807) is 24.4 Å². The first-order valence-electron chi connectivity index (χ1n) is 6.69. The summed E-state index contributed by atoms with van der Waals surface area (Å²) in [6, 6.07) is 5.26. The number of rotatable bonds is 2. The predicted octanol–water partition coefficient (Wildman–Crippen LogP) is 1.13. The third-order valence-electron chi connectivity index (χ3n) is 3.81. The molecule has 0 aliphatic carbocycles. The molecular formula is C14H17ClN4O. The summed E-state index contributed by atoms with van der Waals surface area (Å²) in [6.45, 7) is 4.60. The van der Waals surface area contributed by atoms with Crippen LogP contribution in [0.15, 0.2) is 29.2 Å². The van der Waals surface area contributed by atoms with Gasteiger partial charge < -0.3 is 5.73 Å². The zero-order valence-electron chi connectivity index (χ0n) is 11.3. The summed E-state index contributed by atoms with van der Waals surface area (Å²) in [7, 11) is 0. The van der Waals surface area contributed by atoms with Gasteiger partial charge in [0.05, 0.1) is 10.7 Å². The lowest BCUT2D eigenvalue weighted by molar-refractivity contribution is 0.315. The minimum Gasteiger partial charge on any atom is -0.326 e. The second-order valence-corrected chi connectivity index (χ2v) is 5.93. The average molecular weight is 293 g/mol. The third kappa shape index (κ3) is 2.57. The molecular weight excluding hydrogens is 276 g/mol. The molecule has 1 aliphatic rings. The molecule has 0 amide bonds. The van der Waals surface area contributed by atoms with E-state index in [0.29, 0.717) is 23.1 Å². The van der Waals surface area contributed by atoms with E-state index in [9.17, 15) is 4.79 Å². The quantitative estimate of drug-likeness (QED) is 0.901. The topological polar surface area (TPSA) is 63.6 Å². The van der Waals surface area contributed by atoms with Crippen LogP contribution in [0.3, 0.4) is 0 Å². The number of likely N-dealkylation sites (tertiary alicyclic amines) is 1. The highest BCUT2D eigenvalue weighted by Gasteiger charge is 2.26. The number of hydrogen-bond donors (Lipinski definition) is 1. The van der Waals surface area contributed by atoms with Gasteiger partial charge >= 0.3 is 0 Å². The highest BCUT2D eigenvalue weighted by Crippen LogP contribution is 2.16. The number of fused-ring (bicyclic) bond motifs is 1. The van der Waals surface area contributed by atoms with E-state index >= 15 is 0 Å². The Bertz CT molecular complexity index is 689. The molecule has 2 aromatic rings. The fourth-order valence-corrected chi connectivity index (χ4v) is 2.82. The molecule has 6 heteroatoms. The van der Waals surface area contributed by atoms with Gasteiger partial charge in [-0.2, -0.15) is 0 Å². The molecule has 2 N–H and O–H groups in total. The smallest absolute Gasteiger partial charge is 0.258 e. The Balaban J connectivity index is 1.90. The Morgan fingerprint density at radius 2 is 2.25 bits per heavy atom. The molecule has 0 saturated carbocycles. The average Bonchev–Trinajstić information content (AvgIpc) is 2.69. The van der Waals surface area contributed by atoms with Gasteiger partial charge in [-0.15, -0.1) is 0 Å². The van der Waals surface area contributed by atoms with Gasteiger partial charge in [-0.25, -0.2) is 4.98 Å². The second-order valence-electron chi connectivity index (χ2n) is 5.50. The van der Waals surface area contributed by atoms with Crippen molar-refractivity contribution in [3.05, 3.63) is 45.5 Å². The molecule has 0 spiro atoms. The highest BCUT2D eigenvalue weighted by atomic mass is 35.5. The van der Waals surface area contributed by atoms with Gasteiger partial charge in [-0.1, -0.05) is 18.5 Å². The van der Waals surface area contributed by atoms with Gasteiger partial charge in [-0.3, -0.25) is 14.1 Å².